The number of sulfone groups is 1. The van der Waals surface area contributed by atoms with Crippen LogP contribution in [0.4, 0.5) is 11.4 Å². The number of hydrogen-bond donors (Lipinski definition) is 6. The zero-order valence-electron chi connectivity index (χ0n) is 24.3. The van der Waals surface area contributed by atoms with Crippen LogP contribution in [-0.4, -0.2) is 70.0 Å². The number of anilines is 2. The van der Waals surface area contributed by atoms with Gasteiger partial charge in [0.25, 0.3) is 36.3 Å². The Kier molecular flexibility index (Phi) is 11.8. The van der Waals surface area contributed by atoms with E-state index in [1.165, 1.54) is 30.3 Å². The Morgan fingerprint density at radius 3 is 1.92 bits per heavy atom. The first-order valence-electron chi connectivity index (χ1n) is 12.9. The molecule has 7 N–H and O–H groups in total. The van der Waals surface area contributed by atoms with Gasteiger partial charge < -0.3 is 16.2 Å². The third-order valence-corrected chi connectivity index (χ3v) is 11.5. The standard InChI is InChI=1S/C20H18ClNO10S3.C7H8ClNO3S/c21-7-8-33(25,26)11-12-1-3-13(4-2-12)20(24)22-16-5-6-18(35(30,31)32)15-9-14(34(27,28)29)10-17(23)19(15)16;1-4-2-6(9)7(3-5(4)8)13(10,11)12/h1-6,9-10,23H,7-8,11H2,(H,22,24)(H,27,28,29)(H,30,31,32);2-3H,9H2,1H3,(H,10,11,12). The second kappa shape index (κ2) is 14.5. The number of halogens is 2. The van der Waals surface area contributed by atoms with Gasteiger partial charge in [-0.25, -0.2) is 8.42 Å². The molecular weight excluding hydrogens is 759 g/mol. The number of rotatable bonds is 9. The summed E-state index contributed by atoms with van der Waals surface area (Å²) in [5.41, 5.74) is 6.40. The zero-order chi connectivity index (χ0) is 36.4. The summed E-state index contributed by atoms with van der Waals surface area (Å²) in [6.07, 6.45) is 0. The van der Waals surface area contributed by atoms with Crippen LogP contribution >= 0.6 is 23.2 Å². The van der Waals surface area contributed by atoms with Gasteiger partial charge in [0.05, 0.1) is 27.8 Å². The highest BCUT2D eigenvalue weighted by Gasteiger charge is 2.23. The van der Waals surface area contributed by atoms with E-state index in [-0.39, 0.29) is 49.6 Å². The van der Waals surface area contributed by atoms with Crippen molar-refractivity contribution in [3.05, 3.63) is 82.4 Å². The quantitative estimate of drug-likeness (QED) is 0.0798. The van der Waals surface area contributed by atoms with Crippen molar-refractivity contribution < 1.29 is 57.2 Å². The van der Waals surface area contributed by atoms with Crippen LogP contribution in [0.5, 0.6) is 5.75 Å². The predicted molar refractivity (Wildman–Crippen MR) is 178 cm³/mol. The van der Waals surface area contributed by atoms with E-state index >= 15 is 0 Å². The number of nitrogens with two attached hydrogens (primary N) is 1. The lowest BCUT2D eigenvalue weighted by Gasteiger charge is -2.14. The van der Waals surface area contributed by atoms with Crippen molar-refractivity contribution >= 4 is 91.4 Å². The van der Waals surface area contributed by atoms with Crippen molar-refractivity contribution in [1.82, 2.24) is 0 Å². The fraction of sp³-hybridized carbons (Fsp3) is 0.148. The van der Waals surface area contributed by atoms with Gasteiger partial charge in [-0.1, -0.05) is 23.7 Å². The van der Waals surface area contributed by atoms with E-state index in [2.05, 4.69) is 5.32 Å². The molecule has 0 saturated carbocycles. The van der Waals surface area contributed by atoms with Crippen LogP contribution in [0, 0.1) is 6.92 Å². The van der Waals surface area contributed by atoms with Crippen molar-refractivity contribution in [2.75, 3.05) is 22.7 Å². The van der Waals surface area contributed by atoms with E-state index in [0.29, 0.717) is 17.2 Å². The number of benzene rings is 4. The van der Waals surface area contributed by atoms with E-state index in [9.17, 15) is 52.7 Å². The average molecular weight is 786 g/mol. The molecule has 1 amide bonds. The van der Waals surface area contributed by atoms with Gasteiger partial charge >= 0.3 is 0 Å². The molecule has 4 rings (SSSR count). The van der Waals surface area contributed by atoms with Crippen LogP contribution in [-0.2, 0) is 45.9 Å². The Bertz CT molecular complexity index is 2350. The maximum atomic E-state index is 12.7. The largest absolute Gasteiger partial charge is 0.507 e. The van der Waals surface area contributed by atoms with Crippen molar-refractivity contribution in [2.24, 2.45) is 0 Å². The smallest absolute Gasteiger partial charge is 0.296 e. The highest BCUT2D eigenvalue weighted by atomic mass is 35.5. The molecule has 4 aromatic carbocycles. The Labute approximate surface area is 285 Å². The second-order valence-corrected chi connectivity index (χ2v) is 17.1. The van der Waals surface area contributed by atoms with Crippen LogP contribution in [0.2, 0.25) is 5.02 Å². The topological polar surface area (TPSA) is 273 Å². The van der Waals surface area contributed by atoms with Gasteiger partial charge in [-0.2, -0.15) is 25.3 Å². The van der Waals surface area contributed by atoms with Gasteiger partial charge in [-0.15, -0.1) is 11.6 Å². The number of aryl methyl sites for hydroxylation is 1. The number of alkyl halides is 1. The molecule has 15 nitrogen and oxygen atoms in total. The Morgan fingerprint density at radius 2 is 1.40 bits per heavy atom. The number of nitrogen functional groups attached to an aromatic ring is 1. The fourth-order valence-electron chi connectivity index (χ4n) is 4.19. The lowest BCUT2D eigenvalue weighted by Crippen LogP contribution is -2.14. The maximum absolute atomic E-state index is 12.7. The van der Waals surface area contributed by atoms with Crippen molar-refractivity contribution in [3.8, 4) is 5.75 Å². The molecule has 0 atom stereocenters. The number of amides is 1. The normalized spacial score (nSPS) is 12.3. The number of hydrogen-bond acceptors (Lipinski definition) is 11. The number of phenolic OH excluding ortho intramolecular Hbond substituents is 1. The fourth-order valence-corrected chi connectivity index (χ4v) is 8.03. The number of carbonyl (C=O) groups excluding carboxylic acids is 1. The van der Waals surface area contributed by atoms with Crippen molar-refractivity contribution in [3.63, 3.8) is 0 Å². The molecule has 0 radical (unpaired) electrons. The molecule has 0 bridgehead atoms. The average Bonchev–Trinajstić information content (AvgIpc) is 2.93. The monoisotopic (exact) mass is 784 g/mol. The predicted octanol–water partition coefficient (Wildman–Crippen LogP) is 3.92. The summed E-state index contributed by atoms with van der Waals surface area (Å²) in [4.78, 5) is 10.8. The molecular formula is C27H26Cl2N2O13S4. The summed E-state index contributed by atoms with van der Waals surface area (Å²) in [5, 5.41) is 12.3. The first-order chi connectivity index (χ1) is 21.9. The molecule has 4 aromatic rings. The molecule has 0 spiro atoms. The number of phenols is 1. The third kappa shape index (κ3) is 9.77. The SMILES string of the molecule is Cc1cc(N)c(S(=O)(=O)O)cc1Cl.O=C(Nc1ccc(S(=O)(=O)O)c2cc(S(=O)(=O)O)cc(O)c12)c1ccc(CS(=O)(=O)CCCl)cc1. The number of fused-ring (bicyclic) bond motifs is 1. The van der Waals surface area contributed by atoms with Gasteiger partial charge in [0.15, 0.2) is 9.84 Å². The van der Waals surface area contributed by atoms with Crippen LogP contribution < -0.4 is 11.1 Å². The molecule has 0 fully saturated rings. The molecule has 260 valence electrons. The second-order valence-electron chi connectivity index (χ2n) is 9.97. The summed E-state index contributed by atoms with van der Waals surface area (Å²) in [5.74, 6) is -2.04. The van der Waals surface area contributed by atoms with E-state index in [0.717, 1.165) is 24.3 Å². The zero-order valence-corrected chi connectivity index (χ0v) is 29.1. The van der Waals surface area contributed by atoms with Crippen LogP contribution in [0.1, 0.15) is 21.5 Å². The van der Waals surface area contributed by atoms with Crippen molar-refractivity contribution in [1.29, 1.82) is 0 Å². The molecule has 0 aliphatic heterocycles. The molecule has 0 aromatic heterocycles. The van der Waals surface area contributed by atoms with E-state index < -0.39 is 67.0 Å². The minimum Gasteiger partial charge on any atom is -0.507 e. The van der Waals surface area contributed by atoms with Crippen LogP contribution in [0.25, 0.3) is 10.8 Å². The first kappa shape index (κ1) is 38.9. The van der Waals surface area contributed by atoms with Gasteiger partial charge in [0, 0.05) is 33.3 Å². The number of nitrogens with one attached hydrogen (secondary N) is 1. The van der Waals surface area contributed by atoms with Crippen LogP contribution in [0.3, 0.4) is 0 Å². The lowest BCUT2D eigenvalue weighted by atomic mass is 10.1. The molecule has 21 heteroatoms. The van der Waals surface area contributed by atoms with Gasteiger partial charge in [0.1, 0.15) is 15.5 Å². The first-order valence-corrected chi connectivity index (χ1v) is 19.9. The molecule has 0 heterocycles. The molecule has 0 saturated heterocycles. The Balaban J connectivity index is 0.000000402. The summed E-state index contributed by atoms with van der Waals surface area (Å²) in [6, 6.07) is 11.4. The third-order valence-electron chi connectivity index (χ3n) is 6.41. The van der Waals surface area contributed by atoms with Gasteiger partial charge in [-0.05, 0) is 60.5 Å². The Hall–Kier alpha value is -3.53. The van der Waals surface area contributed by atoms with E-state index in [1.807, 2.05) is 0 Å². The molecule has 0 unspecified atom stereocenters. The molecule has 0 aliphatic rings. The summed E-state index contributed by atoms with van der Waals surface area (Å²) in [6.45, 7) is 1.69. The number of carbonyl (C=O) groups is 1. The van der Waals surface area contributed by atoms with E-state index in [1.54, 1.807) is 6.92 Å². The number of aromatic hydroxyl groups is 1. The summed E-state index contributed by atoms with van der Waals surface area (Å²) < 4.78 is 119. The summed E-state index contributed by atoms with van der Waals surface area (Å²) in [7, 11) is -17.4. The Morgan fingerprint density at radius 1 is 0.812 bits per heavy atom. The van der Waals surface area contributed by atoms with Gasteiger partial charge in [-0.3, -0.25) is 18.5 Å². The van der Waals surface area contributed by atoms with Crippen molar-refractivity contribution in [2.45, 2.75) is 27.4 Å². The van der Waals surface area contributed by atoms with Gasteiger partial charge in [0.2, 0.25) is 0 Å². The summed E-state index contributed by atoms with van der Waals surface area (Å²) >= 11 is 11.1. The lowest BCUT2D eigenvalue weighted by molar-refractivity contribution is 0.102. The molecule has 48 heavy (non-hydrogen) atoms. The van der Waals surface area contributed by atoms with E-state index in [4.69, 9.17) is 33.5 Å². The minimum absolute atomic E-state index is 0.00981. The van der Waals surface area contributed by atoms with Crippen LogP contribution in [0.15, 0.2) is 75.4 Å². The molecule has 0 aliphatic carbocycles. The maximum Gasteiger partial charge on any atom is 0.296 e. The highest BCUT2D eigenvalue weighted by molar-refractivity contribution is 7.90. The highest BCUT2D eigenvalue weighted by Crippen LogP contribution is 2.38. The minimum atomic E-state index is -4.89.